The van der Waals surface area contributed by atoms with Gasteiger partial charge in [0, 0.05) is 24.0 Å². The molecule has 1 saturated heterocycles. The van der Waals surface area contributed by atoms with Crippen molar-refractivity contribution in [3.63, 3.8) is 0 Å². The van der Waals surface area contributed by atoms with Crippen molar-refractivity contribution in [3.05, 3.63) is 78.0 Å². The van der Waals surface area contributed by atoms with Crippen molar-refractivity contribution in [1.82, 2.24) is 30.7 Å². The van der Waals surface area contributed by atoms with Crippen molar-refractivity contribution >= 4 is 40.5 Å². The summed E-state index contributed by atoms with van der Waals surface area (Å²) in [5, 5.41) is 9.81. The number of fused-ring (bicyclic) bond motifs is 2. The summed E-state index contributed by atoms with van der Waals surface area (Å²) in [4.78, 5) is 76.7. The van der Waals surface area contributed by atoms with Crippen LogP contribution in [0.5, 0.6) is 0 Å². The first kappa shape index (κ1) is 44.2. The van der Waals surface area contributed by atoms with Gasteiger partial charge in [-0.2, -0.15) is 0 Å². The van der Waals surface area contributed by atoms with Crippen LogP contribution in [0.2, 0.25) is 0 Å². The molecule has 0 unspecified atom stereocenters. The molecular formula is C45H63N7O6. The number of ether oxygens (including phenoxy) is 1. The van der Waals surface area contributed by atoms with Gasteiger partial charge in [-0.15, -0.1) is 0 Å². The smallest absolute Gasteiger partial charge is 0.320 e. The van der Waals surface area contributed by atoms with Crippen LogP contribution >= 0.6 is 0 Å². The largest absolute Gasteiger partial charge is 0.458 e. The normalized spacial score (nSPS) is 20.0. The Labute approximate surface area is 343 Å². The van der Waals surface area contributed by atoms with Gasteiger partial charge in [-0.3, -0.25) is 33.8 Å². The second-order valence-corrected chi connectivity index (χ2v) is 17.3. The predicted octanol–water partition coefficient (Wildman–Crippen LogP) is 4.38. The molecule has 1 saturated carbocycles. The second kappa shape index (κ2) is 20.7. The fourth-order valence-electron chi connectivity index (χ4n) is 8.30. The number of hydrogen-bond acceptors (Lipinski definition) is 9. The first-order valence-electron chi connectivity index (χ1n) is 20.9. The van der Waals surface area contributed by atoms with Crippen LogP contribution in [0.1, 0.15) is 95.1 Å². The van der Waals surface area contributed by atoms with E-state index < -0.39 is 59.9 Å². The Bertz CT molecular complexity index is 1870. The molecule has 5 rings (SSSR count). The maximum Gasteiger partial charge on any atom is 0.320 e. The van der Waals surface area contributed by atoms with Gasteiger partial charge in [0.15, 0.2) is 0 Å². The van der Waals surface area contributed by atoms with Gasteiger partial charge in [-0.1, -0.05) is 87.2 Å². The number of likely N-dealkylation sites (tertiary alicyclic amines) is 1. The van der Waals surface area contributed by atoms with E-state index in [2.05, 4.69) is 32.8 Å². The Morgan fingerprint density at radius 3 is 2.36 bits per heavy atom. The average molecular weight is 798 g/mol. The summed E-state index contributed by atoms with van der Waals surface area (Å²) in [6.45, 7) is 9.57. The monoisotopic (exact) mass is 797 g/mol. The molecule has 2 aromatic carbocycles. The van der Waals surface area contributed by atoms with Gasteiger partial charge in [0.1, 0.15) is 17.8 Å². The van der Waals surface area contributed by atoms with Crippen LogP contribution < -0.4 is 21.7 Å². The zero-order valence-electron chi connectivity index (χ0n) is 34.9. The number of pyridine rings is 1. The second-order valence-electron chi connectivity index (χ2n) is 17.3. The predicted molar refractivity (Wildman–Crippen MR) is 224 cm³/mol. The summed E-state index contributed by atoms with van der Waals surface area (Å²) in [6.07, 6.45) is 5.88. The molecule has 1 aliphatic heterocycles. The number of para-hydroxylation sites is 1. The van der Waals surface area contributed by atoms with Crippen LogP contribution in [0.25, 0.3) is 10.9 Å². The average Bonchev–Trinajstić information content (AvgIpc) is 3.18. The van der Waals surface area contributed by atoms with E-state index in [0.29, 0.717) is 36.9 Å². The maximum absolute atomic E-state index is 14.4. The fraction of sp³-hybridized carbons (Fsp3) is 0.556. The Balaban J connectivity index is 1.47. The highest BCUT2D eigenvalue weighted by Gasteiger charge is 2.43. The molecule has 2 fully saturated rings. The quantitative estimate of drug-likeness (QED) is 0.136. The zero-order valence-corrected chi connectivity index (χ0v) is 34.9. The molecule has 314 valence electrons. The maximum atomic E-state index is 14.4. The SMILES string of the molecule is CCCCN(C)CC(=O)O[C@H](CN1C[C@H]2CCCC[C@H]2C[C@H]1C(=O)NC(C)(C)C)[C@H](Cc1ccccc1)NC(=O)[C@H](CC(N)=O)NC(=O)c1ccc2ccccc2n1. The molecule has 1 aliphatic carbocycles. The van der Waals surface area contributed by atoms with Crippen molar-refractivity contribution in [3.8, 4) is 0 Å². The van der Waals surface area contributed by atoms with E-state index in [-0.39, 0.29) is 31.1 Å². The van der Waals surface area contributed by atoms with Crippen molar-refractivity contribution < 1.29 is 28.7 Å². The van der Waals surface area contributed by atoms with E-state index in [4.69, 9.17) is 10.5 Å². The summed E-state index contributed by atoms with van der Waals surface area (Å²) < 4.78 is 6.40. The van der Waals surface area contributed by atoms with Crippen molar-refractivity contribution in [2.75, 3.05) is 33.2 Å². The van der Waals surface area contributed by atoms with Gasteiger partial charge in [0.2, 0.25) is 17.7 Å². The summed E-state index contributed by atoms with van der Waals surface area (Å²) >= 11 is 0. The molecule has 0 spiro atoms. The number of carbonyl (C=O) groups is 5. The van der Waals surface area contributed by atoms with Crippen LogP contribution in [0.4, 0.5) is 0 Å². The number of amides is 4. The number of nitrogens with zero attached hydrogens (tertiary/aromatic N) is 3. The van der Waals surface area contributed by atoms with Crippen LogP contribution in [-0.2, 0) is 30.3 Å². The number of nitrogens with one attached hydrogen (secondary N) is 3. The van der Waals surface area contributed by atoms with E-state index in [1.807, 2.05) is 81.2 Å². The molecule has 13 nitrogen and oxygen atoms in total. The minimum absolute atomic E-state index is 0.0419. The highest BCUT2D eigenvalue weighted by atomic mass is 16.5. The Morgan fingerprint density at radius 1 is 0.948 bits per heavy atom. The summed E-state index contributed by atoms with van der Waals surface area (Å²) in [6, 6.07) is 17.6. The van der Waals surface area contributed by atoms with E-state index >= 15 is 0 Å². The standard InChI is InChI=1S/C45H63N7O6/c1-6-7-23-51(5)29-41(54)58-39(28-52-27-33-19-12-11-18-32(33)25-38(52)44(57)50-45(2,3)4)36(24-30-15-9-8-10-16-30)48-43(56)37(26-40(46)53)49-42(55)35-22-21-31-17-13-14-20-34(31)47-35/h8-10,13-17,20-22,32-33,36-39H,6-7,11-12,18-19,23-29H2,1-5H3,(H2,46,53)(H,48,56)(H,49,55)(H,50,57)/t32-,33+,36-,37-,38-,39+/m0/s1. The molecule has 5 N–H and O–H groups in total. The van der Waals surface area contributed by atoms with Gasteiger partial charge in [-0.05, 0) is 89.6 Å². The number of aromatic nitrogens is 1. The summed E-state index contributed by atoms with van der Waals surface area (Å²) in [5.41, 5.74) is 6.74. The lowest BCUT2D eigenvalue weighted by Crippen LogP contribution is -2.61. The van der Waals surface area contributed by atoms with Gasteiger partial charge >= 0.3 is 5.97 Å². The van der Waals surface area contributed by atoms with Gasteiger partial charge in [-0.25, -0.2) is 4.98 Å². The number of piperidine rings is 1. The van der Waals surface area contributed by atoms with Crippen LogP contribution in [0, 0.1) is 11.8 Å². The molecule has 58 heavy (non-hydrogen) atoms. The lowest BCUT2D eigenvalue weighted by atomic mass is 9.72. The number of carbonyl (C=O) groups excluding carboxylic acids is 5. The van der Waals surface area contributed by atoms with E-state index in [1.165, 1.54) is 0 Å². The molecule has 0 radical (unpaired) electrons. The van der Waals surface area contributed by atoms with Crippen molar-refractivity contribution in [2.24, 2.45) is 17.6 Å². The minimum atomic E-state index is -1.35. The Kier molecular flexibility index (Phi) is 15.8. The number of esters is 1. The topological polar surface area (TPSA) is 176 Å². The third-order valence-corrected chi connectivity index (χ3v) is 11.2. The van der Waals surface area contributed by atoms with Gasteiger partial charge in [0.05, 0.1) is 30.6 Å². The van der Waals surface area contributed by atoms with E-state index in [0.717, 1.165) is 49.5 Å². The number of rotatable bonds is 18. The highest BCUT2D eigenvalue weighted by molar-refractivity contribution is 5.99. The first-order chi connectivity index (χ1) is 27.7. The third-order valence-electron chi connectivity index (χ3n) is 11.2. The molecule has 13 heteroatoms. The number of likely N-dealkylation sites (N-methyl/N-ethyl adjacent to an activating group) is 1. The Morgan fingerprint density at radius 2 is 1.66 bits per heavy atom. The van der Waals surface area contributed by atoms with Crippen LogP contribution in [-0.4, -0.2) is 107 Å². The molecule has 2 aliphatic rings. The lowest BCUT2D eigenvalue weighted by molar-refractivity contribution is -0.155. The molecule has 6 atom stereocenters. The van der Waals surface area contributed by atoms with E-state index in [1.54, 1.807) is 18.2 Å². The number of primary amides is 1. The van der Waals surface area contributed by atoms with Crippen LogP contribution in [0.15, 0.2) is 66.7 Å². The molecular weight excluding hydrogens is 735 g/mol. The number of nitrogens with two attached hydrogens (primary N) is 1. The van der Waals surface area contributed by atoms with Crippen molar-refractivity contribution in [2.45, 2.75) is 115 Å². The summed E-state index contributed by atoms with van der Waals surface area (Å²) in [5.74, 6) is -1.81. The molecule has 1 aromatic heterocycles. The minimum Gasteiger partial charge on any atom is -0.458 e. The number of benzene rings is 2. The first-order valence-corrected chi connectivity index (χ1v) is 20.9. The van der Waals surface area contributed by atoms with Gasteiger partial charge < -0.3 is 26.4 Å². The van der Waals surface area contributed by atoms with Crippen molar-refractivity contribution in [1.29, 1.82) is 0 Å². The molecule has 3 aromatic rings. The Hall–Kier alpha value is -4.88. The molecule has 2 heterocycles. The number of unbranched alkanes of at least 4 members (excludes halogenated alkanes) is 1. The van der Waals surface area contributed by atoms with Gasteiger partial charge in [0.25, 0.3) is 5.91 Å². The molecule has 0 bridgehead atoms. The van der Waals surface area contributed by atoms with Crippen LogP contribution in [0.3, 0.4) is 0 Å². The number of hydrogen-bond donors (Lipinski definition) is 4. The highest BCUT2D eigenvalue weighted by Crippen LogP contribution is 2.39. The fourth-order valence-corrected chi connectivity index (χ4v) is 8.30. The lowest BCUT2D eigenvalue weighted by Gasteiger charge is -2.47. The van der Waals surface area contributed by atoms with E-state index in [9.17, 15) is 24.0 Å². The third kappa shape index (κ3) is 13.1. The summed E-state index contributed by atoms with van der Waals surface area (Å²) in [7, 11) is 1.87. The zero-order chi connectivity index (χ0) is 41.8. The molecule has 4 amide bonds.